The number of fused-ring (bicyclic) bond motifs is 1. The molecule has 1 unspecified atom stereocenters. The molecule has 2 N–H and O–H groups in total. The fourth-order valence-corrected chi connectivity index (χ4v) is 4.91. The highest BCUT2D eigenvalue weighted by molar-refractivity contribution is 7.15. The van der Waals surface area contributed by atoms with Gasteiger partial charge < -0.3 is 19.9 Å². The molecule has 0 radical (unpaired) electrons. The lowest BCUT2D eigenvalue weighted by Crippen LogP contribution is -2.22. The number of anilines is 1. The van der Waals surface area contributed by atoms with Gasteiger partial charge in [0.05, 0.1) is 19.9 Å². The minimum atomic E-state index is -1.10. The summed E-state index contributed by atoms with van der Waals surface area (Å²) in [6.07, 6.45) is 0.172. The van der Waals surface area contributed by atoms with E-state index in [2.05, 4.69) is 5.32 Å². The van der Waals surface area contributed by atoms with Crippen LogP contribution in [0.1, 0.15) is 32.5 Å². The first-order chi connectivity index (χ1) is 14.4. The molecule has 2 aromatic carbocycles. The van der Waals surface area contributed by atoms with E-state index in [1.807, 2.05) is 6.07 Å². The minimum absolute atomic E-state index is 0.0966. The molecule has 2 heterocycles. The van der Waals surface area contributed by atoms with Crippen LogP contribution >= 0.6 is 11.3 Å². The molecule has 1 aliphatic heterocycles. The van der Waals surface area contributed by atoms with Crippen LogP contribution in [0, 0.1) is 5.82 Å². The second-order valence-electron chi connectivity index (χ2n) is 6.78. The van der Waals surface area contributed by atoms with Crippen LogP contribution in [0.4, 0.5) is 10.1 Å². The minimum Gasteiger partial charge on any atom is -0.493 e. The summed E-state index contributed by atoms with van der Waals surface area (Å²) in [6, 6.07) is 10.9. The second-order valence-corrected chi connectivity index (χ2v) is 7.83. The number of amides is 1. The van der Waals surface area contributed by atoms with E-state index < -0.39 is 11.8 Å². The van der Waals surface area contributed by atoms with Crippen molar-refractivity contribution in [3.63, 3.8) is 0 Å². The van der Waals surface area contributed by atoms with Gasteiger partial charge in [0.25, 0.3) is 0 Å². The number of methoxy groups -OCH3 is 2. The molecule has 1 aromatic heterocycles. The van der Waals surface area contributed by atoms with E-state index in [0.29, 0.717) is 28.3 Å². The lowest BCUT2D eigenvalue weighted by atomic mass is 9.88. The molecule has 0 fully saturated rings. The fraction of sp³-hybridized carbons (Fsp3) is 0.182. The summed E-state index contributed by atoms with van der Waals surface area (Å²) in [5.74, 6) is -1.00. The van der Waals surface area contributed by atoms with Gasteiger partial charge in [-0.1, -0.05) is 18.2 Å². The number of nitrogens with one attached hydrogen (secondary N) is 1. The van der Waals surface area contributed by atoms with Crippen LogP contribution in [0.2, 0.25) is 0 Å². The second kappa shape index (κ2) is 7.79. The Balaban J connectivity index is 1.90. The molecule has 154 valence electrons. The third-order valence-corrected chi connectivity index (χ3v) is 6.33. The van der Waals surface area contributed by atoms with Gasteiger partial charge in [0.1, 0.15) is 10.7 Å². The third-order valence-electron chi connectivity index (χ3n) is 5.04. The predicted molar refractivity (Wildman–Crippen MR) is 111 cm³/mol. The van der Waals surface area contributed by atoms with Crippen LogP contribution in [0.25, 0.3) is 11.1 Å². The lowest BCUT2D eigenvalue weighted by Gasteiger charge is -2.24. The number of thiophene rings is 1. The first-order valence-electron chi connectivity index (χ1n) is 9.10. The van der Waals surface area contributed by atoms with Crippen LogP contribution in [0.5, 0.6) is 11.5 Å². The SMILES string of the molecule is COc1ccc(C2CC(=O)Nc3c2sc(C(=O)O)c3-c2ccc(F)cc2)cc1OC. The number of ether oxygens (including phenoxy) is 2. The van der Waals surface area contributed by atoms with Crippen molar-refractivity contribution in [1.29, 1.82) is 0 Å². The summed E-state index contributed by atoms with van der Waals surface area (Å²) in [4.78, 5) is 25.3. The highest BCUT2D eigenvalue weighted by atomic mass is 32.1. The largest absolute Gasteiger partial charge is 0.493 e. The number of benzene rings is 2. The molecular formula is C22H18FNO5S. The standard InChI is InChI=1S/C22H18FNO5S/c1-28-15-8-5-12(9-16(15)29-2)14-10-17(25)24-19-18(11-3-6-13(23)7-4-11)21(22(26)27)30-20(14)19/h3-9,14H,10H2,1-2H3,(H,24,25)(H,26,27). The molecule has 1 amide bonds. The lowest BCUT2D eigenvalue weighted by molar-refractivity contribution is -0.116. The van der Waals surface area contributed by atoms with Gasteiger partial charge in [-0.15, -0.1) is 11.3 Å². The van der Waals surface area contributed by atoms with E-state index in [1.165, 1.54) is 38.5 Å². The first kappa shape index (κ1) is 19.9. The Morgan fingerprint density at radius 3 is 2.47 bits per heavy atom. The first-order valence-corrected chi connectivity index (χ1v) is 9.92. The molecule has 8 heteroatoms. The zero-order valence-electron chi connectivity index (χ0n) is 16.2. The number of carboxylic acid groups (broad SMARTS) is 1. The Kier molecular flexibility index (Phi) is 5.17. The Morgan fingerprint density at radius 1 is 1.13 bits per heavy atom. The summed E-state index contributed by atoms with van der Waals surface area (Å²) in [5, 5.41) is 12.6. The van der Waals surface area contributed by atoms with Crippen LogP contribution in [0.3, 0.4) is 0 Å². The van der Waals surface area contributed by atoms with E-state index in [-0.39, 0.29) is 23.1 Å². The van der Waals surface area contributed by atoms with Crippen molar-refractivity contribution in [2.24, 2.45) is 0 Å². The van der Waals surface area contributed by atoms with E-state index in [4.69, 9.17) is 9.47 Å². The van der Waals surface area contributed by atoms with Crippen molar-refractivity contribution >= 4 is 28.9 Å². The number of hydrogen-bond acceptors (Lipinski definition) is 5. The summed E-state index contributed by atoms with van der Waals surface area (Å²) in [6.45, 7) is 0. The molecule has 0 spiro atoms. The number of halogens is 1. The summed E-state index contributed by atoms with van der Waals surface area (Å²) in [5.41, 5.74) is 2.19. The van der Waals surface area contributed by atoms with E-state index in [9.17, 15) is 19.1 Å². The maximum atomic E-state index is 13.4. The third kappa shape index (κ3) is 3.39. The molecular weight excluding hydrogens is 409 g/mol. The quantitative estimate of drug-likeness (QED) is 0.614. The van der Waals surface area contributed by atoms with Gasteiger partial charge in [-0.3, -0.25) is 4.79 Å². The predicted octanol–water partition coefficient (Wildman–Crippen LogP) is 4.74. The zero-order chi connectivity index (χ0) is 21.4. The van der Waals surface area contributed by atoms with Gasteiger partial charge >= 0.3 is 5.97 Å². The van der Waals surface area contributed by atoms with Crippen LogP contribution in [-0.4, -0.2) is 31.2 Å². The Hall–Kier alpha value is -3.39. The van der Waals surface area contributed by atoms with E-state index in [1.54, 1.807) is 12.1 Å². The summed E-state index contributed by atoms with van der Waals surface area (Å²) < 4.78 is 24.1. The topological polar surface area (TPSA) is 84.9 Å². The van der Waals surface area contributed by atoms with Gasteiger partial charge in [-0.25, -0.2) is 9.18 Å². The van der Waals surface area contributed by atoms with Crippen molar-refractivity contribution in [3.8, 4) is 22.6 Å². The number of carbonyl (C=O) groups excluding carboxylic acids is 1. The van der Waals surface area contributed by atoms with E-state index in [0.717, 1.165) is 21.8 Å². The molecule has 0 bridgehead atoms. The molecule has 1 atom stereocenters. The number of hydrogen-bond donors (Lipinski definition) is 2. The molecule has 30 heavy (non-hydrogen) atoms. The Bertz CT molecular complexity index is 1140. The van der Waals surface area contributed by atoms with Crippen molar-refractivity contribution in [2.45, 2.75) is 12.3 Å². The van der Waals surface area contributed by atoms with Gasteiger partial charge in [-0.2, -0.15) is 0 Å². The van der Waals surface area contributed by atoms with Crippen LogP contribution in [-0.2, 0) is 4.79 Å². The highest BCUT2D eigenvalue weighted by Gasteiger charge is 2.34. The van der Waals surface area contributed by atoms with Gasteiger partial charge in [0.2, 0.25) is 5.91 Å². The monoisotopic (exact) mass is 427 g/mol. The van der Waals surface area contributed by atoms with Gasteiger partial charge in [0.15, 0.2) is 11.5 Å². The maximum absolute atomic E-state index is 13.4. The maximum Gasteiger partial charge on any atom is 0.346 e. The van der Waals surface area contributed by atoms with Crippen molar-refractivity contribution in [2.75, 3.05) is 19.5 Å². The van der Waals surface area contributed by atoms with Crippen LogP contribution < -0.4 is 14.8 Å². The van der Waals surface area contributed by atoms with Gasteiger partial charge in [0, 0.05) is 22.8 Å². The molecule has 0 saturated heterocycles. The zero-order valence-corrected chi connectivity index (χ0v) is 17.0. The Labute approximate surface area is 175 Å². The average molecular weight is 427 g/mol. The highest BCUT2D eigenvalue weighted by Crippen LogP contribution is 2.50. The molecule has 0 saturated carbocycles. The Morgan fingerprint density at radius 2 is 1.83 bits per heavy atom. The van der Waals surface area contributed by atoms with Crippen molar-refractivity contribution < 1.29 is 28.6 Å². The number of carbonyl (C=O) groups is 2. The van der Waals surface area contributed by atoms with Crippen molar-refractivity contribution in [3.05, 3.63) is 63.6 Å². The van der Waals surface area contributed by atoms with Crippen LogP contribution in [0.15, 0.2) is 42.5 Å². The number of aromatic carboxylic acids is 1. The smallest absolute Gasteiger partial charge is 0.346 e. The number of rotatable bonds is 5. The van der Waals surface area contributed by atoms with E-state index >= 15 is 0 Å². The average Bonchev–Trinajstić information content (AvgIpc) is 3.12. The summed E-state index contributed by atoms with van der Waals surface area (Å²) >= 11 is 1.12. The summed E-state index contributed by atoms with van der Waals surface area (Å²) in [7, 11) is 3.07. The molecule has 4 rings (SSSR count). The van der Waals surface area contributed by atoms with Crippen molar-refractivity contribution in [1.82, 2.24) is 0 Å². The molecule has 0 aliphatic carbocycles. The molecule has 1 aliphatic rings. The molecule has 3 aromatic rings. The number of carboxylic acids is 1. The molecule has 6 nitrogen and oxygen atoms in total. The normalized spacial score (nSPS) is 15.3. The van der Waals surface area contributed by atoms with Gasteiger partial charge in [-0.05, 0) is 35.4 Å². The fourth-order valence-electron chi connectivity index (χ4n) is 3.67.